The van der Waals surface area contributed by atoms with Gasteiger partial charge in [0.1, 0.15) is 17.3 Å². The third-order valence-corrected chi connectivity index (χ3v) is 0.602. The van der Waals surface area contributed by atoms with Crippen LogP contribution < -0.4 is 0 Å². The molecule has 0 N–H and O–H groups in total. The molecule has 84 valence electrons. The molecule has 0 fully saturated rings. The predicted octanol–water partition coefficient (Wildman–Crippen LogP) is 2.57. The molecule has 3 nitrogen and oxygen atoms in total. The van der Waals surface area contributed by atoms with Gasteiger partial charge in [0.15, 0.2) is 0 Å². The molecule has 0 aliphatic heterocycles. The van der Waals surface area contributed by atoms with Crippen molar-refractivity contribution in [2.45, 2.75) is 54.4 Å². The summed E-state index contributed by atoms with van der Waals surface area (Å²) < 4.78 is 0. The van der Waals surface area contributed by atoms with Gasteiger partial charge in [0, 0.05) is 6.42 Å². The highest BCUT2D eigenvalue weighted by Crippen LogP contribution is 1.84. The molecule has 0 atom stereocenters. The Kier molecular flexibility index (Phi) is 19.4. The minimum Gasteiger partial charge on any atom is -0.300 e. The molecule has 0 aliphatic rings. The van der Waals surface area contributed by atoms with Crippen LogP contribution in [0.1, 0.15) is 54.4 Å². The van der Waals surface area contributed by atoms with Gasteiger partial charge < -0.3 is 14.4 Å². The Hall–Kier alpha value is -0.990. The second-order valence-electron chi connectivity index (χ2n) is 3.27. The van der Waals surface area contributed by atoms with Gasteiger partial charge in [0.2, 0.25) is 0 Å². The minimum absolute atomic E-state index is 0.167. The second-order valence-corrected chi connectivity index (χ2v) is 3.27. The first kappa shape index (κ1) is 18.7. The van der Waals surface area contributed by atoms with E-state index in [4.69, 9.17) is 0 Å². The molecule has 0 bridgehead atoms. The summed E-state index contributed by atoms with van der Waals surface area (Å²) in [6, 6.07) is 0. The Bertz CT molecular complexity index is 151. The van der Waals surface area contributed by atoms with Gasteiger partial charge in [-0.15, -0.1) is 0 Å². The van der Waals surface area contributed by atoms with Crippen LogP contribution in [0.3, 0.4) is 0 Å². The van der Waals surface area contributed by atoms with E-state index in [0.717, 1.165) is 12.8 Å². The average molecular weight is 202 g/mol. The van der Waals surface area contributed by atoms with E-state index < -0.39 is 0 Å². The molecule has 0 unspecified atom stereocenters. The van der Waals surface area contributed by atoms with Crippen molar-refractivity contribution in [1.82, 2.24) is 0 Å². The maximum Gasteiger partial charge on any atom is 0.129 e. The van der Waals surface area contributed by atoms with Crippen LogP contribution in [0.15, 0.2) is 0 Å². The van der Waals surface area contributed by atoms with Gasteiger partial charge >= 0.3 is 0 Å². The molecule has 0 saturated carbocycles. The first-order chi connectivity index (χ1) is 6.23. The van der Waals surface area contributed by atoms with E-state index in [0.29, 0.717) is 0 Å². The van der Waals surface area contributed by atoms with E-state index in [1.54, 1.807) is 6.92 Å². The Morgan fingerprint density at radius 1 is 0.786 bits per heavy atom. The molecule has 3 heteroatoms. The van der Waals surface area contributed by atoms with Crippen LogP contribution in [0, 0.1) is 0 Å². The summed E-state index contributed by atoms with van der Waals surface area (Å²) >= 11 is 0. The van der Waals surface area contributed by atoms with Crippen LogP contribution in [0.4, 0.5) is 0 Å². The maximum atomic E-state index is 10.0. The Morgan fingerprint density at radius 3 is 1.00 bits per heavy atom. The molecule has 0 aromatic rings. The molecule has 0 radical (unpaired) electrons. The van der Waals surface area contributed by atoms with Gasteiger partial charge in [-0.25, -0.2) is 0 Å². The zero-order chi connectivity index (χ0) is 12.1. The van der Waals surface area contributed by atoms with Crippen LogP contribution in [-0.4, -0.2) is 17.3 Å². The van der Waals surface area contributed by atoms with Crippen LogP contribution in [-0.2, 0) is 14.4 Å². The zero-order valence-corrected chi connectivity index (χ0v) is 10.1. The zero-order valence-electron chi connectivity index (χ0n) is 10.1. The summed E-state index contributed by atoms with van der Waals surface area (Å²) in [6.07, 6.45) is 1.72. The largest absolute Gasteiger partial charge is 0.300 e. The highest BCUT2D eigenvalue weighted by Gasteiger charge is 1.83. The second kappa shape index (κ2) is 14.5. The number of carbonyl (C=O) groups is 3. The first-order valence-corrected chi connectivity index (χ1v) is 4.67. The predicted molar refractivity (Wildman–Crippen MR) is 58.3 cm³/mol. The van der Waals surface area contributed by atoms with Crippen LogP contribution >= 0.6 is 0 Å². The smallest absolute Gasteiger partial charge is 0.129 e. The van der Waals surface area contributed by atoms with Gasteiger partial charge in [0.25, 0.3) is 0 Å². The molecular weight excluding hydrogens is 180 g/mol. The molecule has 0 aromatic heterocycles. The molecule has 0 saturated heterocycles. The highest BCUT2D eigenvalue weighted by atomic mass is 16.1. The number of Topliss-reactive ketones (excluding diaryl/α,β-unsaturated/α-hetero) is 3. The van der Waals surface area contributed by atoms with Gasteiger partial charge in [-0.1, -0.05) is 6.92 Å². The average Bonchev–Trinajstić information content (AvgIpc) is 1.82. The number of carbonyl (C=O) groups excluding carboxylic acids is 3. The van der Waals surface area contributed by atoms with Crippen LogP contribution in [0.25, 0.3) is 0 Å². The quantitative estimate of drug-likeness (QED) is 0.691. The maximum absolute atomic E-state index is 10.0. The van der Waals surface area contributed by atoms with Crippen molar-refractivity contribution >= 4 is 17.3 Å². The lowest BCUT2D eigenvalue weighted by Crippen LogP contribution is -1.84. The summed E-state index contributed by atoms with van der Waals surface area (Å²) in [7, 11) is 0. The monoisotopic (exact) mass is 202 g/mol. The number of ketones is 3. The van der Waals surface area contributed by atoms with Crippen molar-refractivity contribution in [2.75, 3.05) is 0 Å². The number of hydrogen-bond donors (Lipinski definition) is 0. The lowest BCUT2D eigenvalue weighted by Gasteiger charge is -1.80. The highest BCUT2D eigenvalue weighted by molar-refractivity contribution is 5.75. The van der Waals surface area contributed by atoms with E-state index in [9.17, 15) is 14.4 Å². The summed E-state index contributed by atoms with van der Waals surface area (Å²) in [5, 5.41) is 0. The lowest BCUT2D eigenvalue weighted by atomic mass is 10.3. The van der Waals surface area contributed by atoms with Crippen molar-refractivity contribution in [3.05, 3.63) is 0 Å². The summed E-state index contributed by atoms with van der Waals surface area (Å²) in [5.41, 5.74) is 0. The fourth-order valence-electron chi connectivity index (χ4n) is 0.352. The SMILES string of the molecule is CC(C)=O.CC(C)=O.CCCC(C)=O. The number of rotatable bonds is 2. The topological polar surface area (TPSA) is 51.2 Å². The first-order valence-electron chi connectivity index (χ1n) is 4.67. The van der Waals surface area contributed by atoms with Crippen molar-refractivity contribution in [3.8, 4) is 0 Å². The summed E-state index contributed by atoms with van der Waals surface area (Å²) in [6.45, 7) is 9.73. The van der Waals surface area contributed by atoms with Crippen LogP contribution in [0.2, 0.25) is 0 Å². The molecule has 0 amide bonds. The summed E-state index contributed by atoms with van der Waals surface area (Å²) in [5.74, 6) is 0.623. The molecule has 0 spiro atoms. The van der Waals surface area contributed by atoms with E-state index in [-0.39, 0.29) is 17.3 Å². The van der Waals surface area contributed by atoms with Crippen molar-refractivity contribution in [1.29, 1.82) is 0 Å². The lowest BCUT2D eigenvalue weighted by molar-refractivity contribution is -0.117. The van der Waals surface area contributed by atoms with Gasteiger partial charge in [0.05, 0.1) is 0 Å². The Labute approximate surface area is 86.9 Å². The molecule has 0 aliphatic carbocycles. The molecule has 0 aromatic carbocycles. The van der Waals surface area contributed by atoms with Gasteiger partial charge in [-0.05, 0) is 41.0 Å². The molecular formula is C11H22O3. The van der Waals surface area contributed by atoms with Crippen molar-refractivity contribution in [2.24, 2.45) is 0 Å². The van der Waals surface area contributed by atoms with Crippen molar-refractivity contribution < 1.29 is 14.4 Å². The third-order valence-electron chi connectivity index (χ3n) is 0.602. The molecule has 0 rings (SSSR count). The van der Waals surface area contributed by atoms with E-state index in [2.05, 4.69) is 0 Å². The Balaban J connectivity index is -0.000000135. The van der Waals surface area contributed by atoms with Gasteiger partial charge in [-0.2, -0.15) is 0 Å². The fraction of sp³-hybridized carbons (Fsp3) is 0.727. The third kappa shape index (κ3) is 273. The molecule has 0 heterocycles. The fourth-order valence-corrected chi connectivity index (χ4v) is 0.352. The standard InChI is InChI=1S/C5H10O.2C3H6O/c1-3-4-5(2)6;2*1-3(2)4/h3-4H2,1-2H3;2*1-2H3. The molecule has 14 heavy (non-hydrogen) atoms. The van der Waals surface area contributed by atoms with E-state index in [1.165, 1.54) is 27.7 Å². The Morgan fingerprint density at radius 2 is 1.00 bits per heavy atom. The van der Waals surface area contributed by atoms with Gasteiger partial charge in [-0.3, -0.25) is 0 Å². The number of hydrogen-bond acceptors (Lipinski definition) is 3. The normalized spacial score (nSPS) is 7.29. The van der Waals surface area contributed by atoms with Crippen molar-refractivity contribution in [3.63, 3.8) is 0 Å². The summed E-state index contributed by atoms with van der Waals surface area (Å²) in [4.78, 5) is 28.9. The van der Waals surface area contributed by atoms with E-state index >= 15 is 0 Å². The van der Waals surface area contributed by atoms with Crippen LogP contribution in [0.5, 0.6) is 0 Å². The minimum atomic E-state index is 0.167. The van der Waals surface area contributed by atoms with E-state index in [1.807, 2.05) is 6.92 Å².